The molecular weight excluding hydrogens is 979 g/mol. The molecule has 0 radical (unpaired) electrons. The van der Waals surface area contributed by atoms with Gasteiger partial charge in [-0.05, 0) is 94.2 Å². The minimum Gasteiger partial charge on any atom is -0.367 e. The second kappa shape index (κ2) is 22.1. The van der Waals surface area contributed by atoms with E-state index in [2.05, 4.69) is 51.1 Å². The molecule has 0 unspecified atom stereocenters. The number of anilines is 6. The summed E-state index contributed by atoms with van der Waals surface area (Å²) in [7, 11) is 3.89. The molecule has 0 spiro atoms. The number of aryl methyl sites for hydroxylation is 1. The van der Waals surface area contributed by atoms with Crippen LogP contribution >= 0.6 is 23.2 Å². The van der Waals surface area contributed by atoms with Gasteiger partial charge in [0.15, 0.2) is 0 Å². The first kappa shape index (κ1) is 49.7. The van der Waals surface area contributed by atoms with Crippen LogP contribution in [0.3, 0.4) is 0 Å². The number of carbonyl (C=O) groups excluding carboxylic acids is 2. The number of aromatic nitrogens is 7. The largest absolute Gasteiger partial charge is 0.367 e. The van der Waals surface area contributed by atoms with E-state index in [1.807, 2.05) is 104 Å². The molecule has 378 valence electrons. The Morgan fingerprint density at radius 3 is 2.15 bits per heavy atom. The Labute approximate surface area is 437 Å². The highest BCUT2D eigenvalue weighted by molar-refractivity contribution is 6.33. The first-order valence-corrected chi connectivity index (χ1v) is 25.3. The molecule has 2 fully saturated rings. The number of likely N-dealkylation sites (N-methyl/N-ethyl adjacent to an activating group) is 1. The molecule has 0 bridgehead atoms. The first-order valence-electron chi connectivity index (χ1n) is 24.5. The summed E-state index contributed by atoms with van der Waals surface area (Å²) < 4.78 is 16.0. The van der Waals surface area contributed by atoms with Gasteiger partial charge in [0.2, 0.25) is 23.7 Å². The molecule has 6 N–H and O–H groups in total. The van der Waals surface area contributed by atoms with E-state index in [1.54, 1.807) is 30.7 Å². The van der Waals surface area contributed by atoms with Gasteiger partial charge in [0.05, 0.1) is 56.9 Å². The minimum absolute atomic E-state index is 0.0413. The van der Waals surface area contributed by atoms with Crippen LogP contribution < -0.4 is 31.1 Å². The zero-order valence-corrected chi connectivity index (χ0v) is 42.6. The maximum absolute atomic E-state index is 16.0. The highest BCUT2D eigenvalue weighted by Gasteiger charge is 2.26. The van der Waals surface area contributed by atoms with Gasteiger partial charge in [-0.2, -0.15) is 0 Å². The van der Waals surface area contributed by atoms with Gasteiger partial charge in [0, 0.05) is 102 Å². The number of rotatable bonds is 15. The normalized spacial score (nSPS) is 16.2. The summed E-state index contributed by atoms with van der Waals surface area (Å²) in [5.74, 6) is 0.674. The van der Waals surface area contributed by atoms with Crippen molar-refractivity contribution in [3.8, 4) is 22.5 Å². The van der Waals surface area contributed by atoms with E-state index < -0.39 is 11.7 Å². The topological polar surface area (TPSA) is 188 Å². The van der Waals surface area contributed by atoms with Gasteiger partial charge >= 0.3 is 0 Å². The van der Waals surface area contributed by atoms with Crippen molar-refractivity contribution in [1.29, 1.82) is 0 Å². The van der Waals surface area contributed by atoms with Crippen LogP contribution in [0.4, 0.5) is 39.2 Å². The van der Waals surface area contributed by atoms with Crippen LogP contribution in [-0.4, -0.2) is 111 Å². The molecule has 0 aliphatic carbocycles. The Balaban J connectivity index is 0.761. The molecule has 10 rings (SSSR count). The number of nitrogens with zero attached hydrogens (tertiary/aromatic N) is 8. The van der Waals surface area contributed by atoms with Crippen molar-refractivity contribution in [2.24, 2.45) is 0 Å². The van der Waals surface area contributed by atoms with E-state index >= 15 is 4.39 Å². The number of piperidine rings is 2. The van der Waals surface area contributed by atoms with Crippen LogP contribution in [-0.2, 0) is 9.59 Å². The highest BCUT2D eigenvalue weighted by Crippen LogP contribution is 2.36. The Morgan fingerprint density at radius 1 is 0.770 bits per heavy atom. The van der Waals surface area contributed by atoms with E-state index in [0.717, 1.165) is 82.1 Å². The van der Waals surface area contributed by atoms with E-state index in [4.69, 9.17) is 33.2 Å². The molecule has 0 saturated carbocycles. The van der Waals surface area contributed by atoms with Gasteiger partial charge in [-0.1, -0.05) is 65.7 Å². The predicted octanol–water partition coefficient (Wildman–Crippen LogP) is 10.6. The highest BCUT2D eigenvalue weighted by atomic mass is 35.5. The number of amides is 2. The molecule has 2 aliphatic rings. The minimum atomic E-state index is -0.432. The molecule has 2 amide bonds. The number of nitrogens with one attached hydrogen (secondary N) is 6. The number of carbonyl (C=O) groups is 2. The molecule has 5 aromatic heterocycles. The summed E-state index contributed by atoms with van der Waals surface area (Å²) in [6.07, 6.45) is 18.7. The zero-order valence-electron chi connectivity index (χ0n) is 41.1. The van der Waals surface area contributed by atoms with Crippen LogP contribution in [0, 0.1) is 12.7 Å². The van der Waals surface area contributed by atoms with Crippen LogP contribution in [0.5, 0.6) is 0 Å². The average molecular weight is 1030 g/mol. The molecule has 74 heavy (non-hydrogen) atoms. The molecule has 2 atom stereocenters. The molecule has 7 heterocycles. The van der Waals surface area contributed by atoms with Gasteiger partial charge in [0.1, 0.15) is 11.6 Å². The molecule has 19 heteroatoms. The fourth-order valence-electron chi connectivity index (χ4n) is 9.60. The molecule has 8 aromatic rings. The molecular formula is C55H55Cl2FN14O2. The van der Waals surface area contributed by atoms with Crippen molar-refractivity contribution < 1.29 is 14.0 Å². The Kier molecular flexibility index (Phi) is 14.8. The lowest BCUT2D eigenvalue weighted by Crippen LogP contribution is -2.42. The van der Waals surface area contributed by atoms with Crippen molar-refractivity contribution in [3.05, 3.63) is 143 Å². The van der Waals surface area contributed by atoms with E-state index in [1.165, 1.54) is 18.2 Å². The van der Waals surface area contributed by atoms with Crippen LogP contribution in [0.15, 0.2) is 116 Å². The van der Waals surface area contributed by atoms with Crippen LogP contribution in [0.25, 0.3) is 50.4 Å². The SMILES string of the molecule is Cc1cc(N2CCC[C@@H](Nc3ncc(Cl)c(-c4c[nH]c5ccccc45)n3)C2)c(F)cc1NC(=O)/C=C/c1cccc2c(-c3nc(N[C@@H]4CCCN(c5ccc(NC(=O)/C=C/CN(C)C)cn5)C4)ncc3Cl)c[nH]c12. The lowest BCUT2D eigenvalue weighted by Gasteiger charge is -2.35. The smallest absolute Gasteiger partial charge is 0.248 e. The summed E-state index contributed by atoms with van der Waals surface area (Å²) in [5.41, 5.74) is 7.59. The third-order valence-electron chi connectivity index (χ3n) is 13.2. The van der Waals surface area contributed by atoms with Crippen LogP contribution in [0.2, 0.25) is 10.0 Å². The van der Waals surface area contributed by atoms with E-state index in [9.17, 15) is 9.59 Å². The average Bonchev–Trinajstić information content (AvgIpc) is 4.04. The lowest BCUT2D eigenvalue weighted by atomic mass is 10.0. The van der Waals surface area contributed by atoms with Crippen molar-refractivity contribution in [3.63, 3.8) is 0 Å². The summed E-state index contributed by atoms with van der Waals surface area (Å²) >= 11 is 13.4. The van der Waals surface area contributed by atoms with E-state index in [0.29, 0.717) is 76.6 Å². The van der Waals surface area contributed by atoms with Crippen molar-refractivity contribution in [2.75, 3.05) is 77.9 Å². The summed E-state index contributed by atoms with van der Waals surface area (Å²) in [4.78, 5) is 61.9. The summed E-state index contributed by atoms with van der Waals surface area (Å²) in [6.45, 7) is 5.26. The Hall–Kier alpha value is -7.86. The number of H-pyrrole nitrogens is 2. The lowest BCUT2D eigenvalue weighted by molar-refractivity contribution is -0.112. The van der Waals surface area contributed by atoms with Gasteiger partial charge in [-0.3, -0.25) is 9.59 Å². The quantitative estimate of drug-likeness (QED) is 0.0534. The molecule has 16 nitrogen and oxygen atoms in total. The van der Waals surface area contributed by atoms with Crippen molar-refractivity contribution >= 4 is 97.7 Å². The maximum Gasteiger partial charge on any atom is 0.248 e. The molecule has 2 saturated heterocycles. The number of benzene rings is 3. The van der Waals surface area contributed by atoms with E-state index in [-0.39, 0.29) is 18.0 Å². The van der Waals surface area contributed by atoms with Gasteiger partial charge in [-0.25, -0.2) is 29.3 Å². The zero-order chi connectivity index (χ0) is 51.3. The van der Waals surface area contributed by atoms with Crippen molar-refractivity contribution in [1.82, 2.24) is 39.8 Å². The fraction of sp³-hybridized carbons (Fsp3) is 0.255. The number of aromatic amines is 2. The van der Waals surface area contributed by atoms with Gasteiger partial charge in [-0.15, -0.1) is 0 Å². The number of halogens is 3. The maximum atomic E-state index is 16.0. The first-order chi connectivity index (χ1) is 35.9. The molecule has 3 aromatic carbocycles. The predicted molar refractivity (Wildman–Crippen MR) is 296 cm³/mol. The van der Waals surface area contributed by atoms with Crippen molar-refractivity contribution in [2.45, 2.75) is 44.7 Å². The summed E-state index contributed by atoms with van der Waals surface area (Å²) in [6, 6.07) is 20.7. The van der Waals surface area contributed by atoms with Crippen LogP contribution in [0.1, 0.15) is 36.8 Å². The van der Waals surface area contributed by atoms with Gasteiger partial charge < -0.3 is 45.9 Å². The number of hydrogen-bond donors (Lipinski definition) is 6. The second-order valence-corrected chi connectivity index (χ2v) is 19.7. The number of para-hydroxylation sites is 2. The number of pyridine rings is 1. The molecule has 2 aliphatic heterocycles. The fourth-order valence-corrected chi connectivity index (χ4v) is 9.98. The number of fused-ring (bicyclic) bond motifs is 2. The summed E-state index contributed by atoms with van der Waals surface area (Å²) in [5, 5.41) is 15.4. The Bertz CT molecular complexity index is 3410. The van der Waals surface area contributed by atoms with Gasteiger partial charge in [0.25, 0.3) is 0 Å². The third-order valence-corrected chi connectivity index (χ3v) is 13.8. The Morgan fingerprint density at radius 2 is 1.43 bits per heavy atom. The monoisotopic (exact) mass is 1030 g/mol. The standard InChI is InChI=1S/C55H55Cl2FN14O2/c1-33-24-47(71-22-7-11-36(31-71)65-54-62-29-42(56)52(68-54)40-27-59-45-15-5-4-13-38(40)45)44(58)25-46(33)67-50(74)20-17-34-10-6-14-39-41(28-61-51(34)39)53-43(57)30-63-55(69-53)66-37-12-8-23-72(32-37)48-19-18-35(26-60-48)64-49(73)16-9-21-70(2)3/h4-6,9-10,13-20,24-30,36-37,59,61H,7-8,11-12,21-23,31-32H2,1-3H3,(H,64,73)(H,67,74)(H,62,65,68)(H,63,66,69)/b16-9+,20-17+/t36-,37-/m1/s1. The third kappa shape index (κ3) is 11.3. The second-order valence-electron chi connectivity index (χ2n) is 18.9. The number of hydrogen-bond acceptors (Lipinski definition) is 12.